The number of nitrogens with one attached hydrogen (secondary N) is 1. The average Bonchev–Trinajstić information content (AvgIpc) is 2.57. The molecule has 5 nitrogen and oxygen atoms in total. The number of anilines is 1. The lowest BCUT2D eigenvalue weighted by Gasteiger charge is -2.14. The van der Waals surface area contributed by atoms with Crippen molar-refractivity contribution in [2.75, 3.05) is 5.32 Å². The highest BCUT2D eigenvalue weighted by molar-refractivity contribution is 6.32. The van der Waals surface area contributed by atoms with Crippen LogP contribution in [0.15, 0.2) is 36.4 Å². The largest absolute Gasteiger partial charge is 0.449 e. The molecular weight excluding hydrogens is 354 g/mol. The molecule has 1 atom stereocenters. The van der Waals surface area contributed by atoms with Crippen molar-refractivity contribution in [3.8, 4) is 6.07 Å². The Morgan fingerprint density at radius 3 is 2.52 bits per heavy atom. The molecule has 0 aliphatic heterocycles. The maximum atomic E-state index is 13.1. The Morgan fingerprint density at radius 1 is 1.20 bits per heavy atom. The average molecular weight is 365 g/mol. The Labute approximate surface area is 146 Å². The molecule has 0 spiro atoms. The Kier molecular flexibility index (Phi) is 5.67. The molecule has 25 heavy (non-hydrogen) atoms. The minimum absolute atomic E-state index is 0.159. The van der Waals surface area contributed by atoms with E-state index in [1.165, 1.54) is 25.1 Å². The summed E-state index contributed by atoms with van der Waals surface area (Å²) in [5, 5.41) is 11.4. The van der Waals surface area contributed by atoms with Crippen LogP contribution in [0.3, 0.4) is 0 Å². The summed E-state index contributed by atoms with van der Waals surface area (Å²) in [5.41, 5.74) is 0.335. The van der Waals surface area contributed by atoms with Gasteiger partial charge in [0.05, 0.1) is 16.1 Å². The van der Waals surface area contributed by atoms with E-state index in [0.29, 0.717) is 11.8 Å². The SMILES string of the molecule is CC(OC(=O)c1ccc(F)c(F)c1)C(=O)Nc1ccc(C#N)c(Cl)c1. The van der Waals surface area contributed by atoms with E-state index in [9.17, 15) is 18.4 Å². The van der Waals surface area contributed by atoms with Gasteiger partial charge in [-0.25, -0.2) is 13.6 Å². The van der Waals surface area contributed by atoms with E-state index in [1.54, 1.807) is 0 Å². The predicted molar refractivity (Wildman–Crippen MR) is 86.0 cm³/mol. The van der Waals surface area contributed by atoms with E-state index in [0.717, 1.165) is 12.1 Å². The van der Waals surface area contributed by atoms with Crippen LogP contribution in [0.2, 0.25) is 5.02 Å². The third-order valence-electron chi connectivity index (χ3n) is 3.17. The number of carbonyl (C=O) groups excluding carboxylic acids is 2. The Hall–Kier alpha value is -2.98. The summed E-state index contributed by atoms with van der Waals surface area (Å²) >= 11 is 5.86. The topological polar surface area (TPSA) is 79.2 Å². The minimum atomic E-state index is -1.20. The van der Waals surface area contributed by atoms with Crippen molar-refractivity contribution >= 4 is 29.2 Å². The van der Waals surface area contributed by atoms with E-state index in [4.69, 9.17) is 21.6 Å². The molecule has 0 saturated carbocycles. The normalized spacial score (nSPS) is 11.3. The second-order valence-electron chi connectivity index (χ2n) is 4.97. The molecule has 1 N–H and O–H groups in total. The minimum Gasteiger partial charge on any atom is -0.449 e. The van der Waals surface area contributed by atoms with E-state index in [-0.39, 0.29) is 16.1 Å². The third-order valence-corrected chi connectivity index (χ3v) is 3.48. The number of esters is 1. The standard InChI is InChI=1S/C17H11ClF2N2O3/c1-9(25-17(24)10-3-5-14(19)15(20)6-10)16(23)22-12-4-2-11(8-21)13(18)7-12/h2-7,9H,1H3,(H,22,23). The zero-order valence-corrected chi connectivity index (χ0v) is 13.6. The summed E-state index contributed by atoms with van der Waals surface area (Å²) in [5.74, 6) is -3.92. The summed E-state index contributed by atoms with van der Waals surface area (Å²) in [6.07, 6.45) is -1.20. The van der Waals surface area contributed by atoms with Gasteiger partial charge in [-0.3, -0.25) is 4.79 Å². The van der Waals surface area contributed by atoms with Crippen LogP contribution in [-0.4, -0.2) is 18.0 Å². The highest BCUT2D eigenvalue weighted by atomic mass is 35.5. The molecule has 1 unspecified atom stereocenters. The van der Waals surface area contributed by atoms with Gasteiger partial charge in [0.1, 0.15) is 6.07 Å². The number of nitrogens with zero attached hydrogens (tertiary/aromatic N) is 1. The van der Waals surface area contributed by atoms with Gasteiger partial charge in [0, 0.05) is 5.69 Å². The quantitative estimate of drug-likeness (QED) is 0.839. The molecule has 0 aromatic heterocycles. The molecule has 2 rings (SSSR count). The lowest BCUT2D eigenvalue weighted by Crippen LogP contribution is -2.30. The van der Waals surface area contributed by atoms with Crippen molar-refractivity contribution in [1.29, 1.82) is 5.26 Å². The summed E-state index contributed by atoms with van der Waals surface area (Å²) in [6.45, 7) is 1.32. The molecule has 0 heterocycles. The number of nitriles is 1. The smallest absolute Gasteiger partial charge is 0.339 e. The van der Waals surface area contributed by atoms with E-state index < -0.39 is 29.6 Å². The van der Waals surface area contributed by atoms with Gasteiger partial charge in [-0.05, 0) is 43.3 Å². The first-order chi connectivity index (χ1) is 11.8. The monoisotopic (exact) mass is 364 g/mol. The van der Waals surface area contributed by atoms with E-state index in [2.05, 4.69) is 5.32 Å². The number of rotatable bonds is 4. The van der Waals surface area contributed by atoms with Crippen molar-refractivity contribution in [2.24, 2.45) is 0 Å². The first-order valence-corrected chi connectivity index (χ1v) is 7.36. The molecule has 0 saturated heterocycles. The molecule has 2 aromatic carbocycles. The number of ether oxygens (including phenoxy) is 1. The number of halogens is 3. The van der Waals surface area contributed by atoms with Crippen molar-refractivity contribution in [1.82, 2.24) is 0 Å². The fraction of sp³-hybridized carbons (Fsp3) is 0.118. The molecule has 8 heteroatoms. The molecule has 0 fully saturated rings. The summed E-state index contributed by atoms with van der Waals surface area (Å²) in [4.78, 5) is 23.9. The number of hydrogen-bond acceptors (Lipinski definition) is 4. The molecule has 0 bridgehead atoms. The van der Waals surface area contributed by atoms with Crippen LogP contribution in [0.5, 0.6) is 0 Å². The molecule has 1 amide bonds. The van der Waals surface area contributed by atoms with E-state index >= 15 is 0 Å². The fourth-order valence-corrected chi connectivity index (χ4v) is 2.06. The second kappa shape index (κ2) is 7.73. The second-order valence-corrected chi connectivity index (χ2v) is 5.38. The van der Waals surface area contributed by atoms with Crippen LogP contribution < -0.4 is 5.32 Å². The van der Waals surface area contributed by atoms with Gasteiger partial charge < -0.3 is 10.1 Å². The zero-order valence-electron chi connectivity index (χ0n) is 12.8. The molecular formula is C17H11ClF2N2O3. The summed E-state index contributed by atoms with van der Waals surface area (Å²) < 4.78 is 30.9. The Morgan fingerprint density at radius 2 is 1.92 bits per heavy atom. The van der Waals surface area contributed by atoms with Gasteiger partial charge in [0.15, 0.2) is 17.7 Å². The summed E-state index contributed by atoms with van der Waals surface area (Å²) in [6, 6.07) is 8.67. The van der Waals surface area contributed by atoms with Crippen LogP contribution in [0.25, 0.3) is 0 Å². The first-order valence-electron chi connectivity index (χ1n) is 6.98. The molecule has 0 radical (unpaired) electrons. The summed E-state index contributed by atoms with van der Waals surface area (Å²) in [7, 11) is 0. The number of benzene rings is 2. The molecule has 2 aromatic rings. The molecule has 128 valence electrons. The van der Waals surface area contributed by atoms with Crippen LogP contribution in [0, 0.1) is 23.0 Å². The van der Waals surface area contributed by atoms with Gasteiger partial charge in [-0.2, -0.15) is 5.26 Å². The first kappa shape index (κ1) is 18.4. The molecule has 0 aliphatic rings. The van der Waals surface area contributed by atoms with Gasteiger partial charge in [-0.1, -0.05) is 11.6 Å². The van der Waals surface area contributed by atoms with Crippen LogP contribution in [0.4, 0.5) is 14.5 Å². The van der Waals surface area contributed by atoms with Crippen molar-refractivity contribution < 1.29 is 23.1 Å². The maximum absolute atomic E-state index is 13.1. The van der Waals surface area contributed by atoms with Crippen molar-refractivity contribution in [2.45, 2.75) is 13.0 Å². The van der Waals surface area contributed by atoms with Gasteiger partial charge >= 0.3 is 5.97 Å². The zero-order chi connectivity index (χ0) is 18.6. The lowest BCUT2D eigenvalue weighted by atomic mass is 10.2. The van der Waals surface area contributed by atoms with Gasteiger partial charge in [-0.15, -0.1) is 0 Å². The Bertz CT molecular complexity index is 881. The van der Waals surface area contributed by atoms with Crippen LogP contribution in [-0.2, 0) is 9.53 Å². The van der Waals surface area contributed by atoms with E-state index in [1.807, 2.05) is 6.07 Å². The number of hydrogen-bond donors (Lipinski definition) is 1. The number of amides is 1. The van der Waals surface area contributed by atoms with Crippen molar-refractivity contribution in [3.63, 3.8) is 0 Å². The predicted octanol–water partition coefficient (Wildman–Crippen LogP) is 3.67. The van der Waals surface area contributed by atoms with Crippen LogP contribution in [0.1, 0.15) is 22.8 Å². The third kappa shape index (κ3) is 4.52. The van der Waals surface area contributed by atoms with Gasteiger partial charge in [0.25, 0.3) is 5.91 Å². The van der Waals surface area contributed by atoms with Crippen LogP contribution >= 0.6 is 11.6 Å². The Balaban J connectivity index is 2.02. The highest BCUT2D eigenvalue weighted by Gasteiger charge is 2.20. The molecule has 0 aliphatic carbocycles. The van der Waals surface area contributed by atoms with Gasteiger partial charge in [0.2, 0.25) is 0 Å². The number of carbonyl (C=O) groups is 2. The highest BCUT2D eigenvalue weighted by Crippen LogP contribution is 2.20. The fourth-order valence-electron chi connectivity index (χ4n) is 1.83. The lowest BCUT2D eigenvalue weighted by molar-refractivity contribution is -0.123. The maximum Gasteiger partial charge on any atom is 0.339 e. The van der Waals surface area contributed by atoms with Crippen molar-refractivity contribution in [3.05, 3.63) is 64.2 Å².